The van der Waals surface area contributed by atoms with Crippen molar-refractivity contribution in [3.05, 3.63) is 58.6 Å². The third kappa shape index (κ3) is 5.30. The predicted octanol–water partition coefficient (Wildman–Crippen LogP) is 5.35. The molecule has 1 aromatic heterocycles. The number of ether oxygens (including phenoxy) is 3. The fourth-order valence-electron chi connectivity index (χ4n) is 2.63. The number of hydrogen-bond acceptors (Lipinski definition) is 7. The monoisotopic (exact) mass is 463 g/mol. The van der Waals surface area contributed by atoms with Crippen LogP contribution in [0.15, 0.2) is 36.4 Å². The summed E-state index contributed by atoms with van der Waals surface area (Å²) in [6.45, 7) is 3.48. The lowest BCUT2D eigenvalue weighted by Crippen LogP contribution is -2.19. The largest absolute Gasteiger partial charge is 0.493 e. The van der Waals surface area contributed by atoms with E-state index in [1.54, 1.807) is 13.8 Å². The number of urea groups is 1. The number of nitrogens with one attached hydrogen (secondary N) is 2. The molecule has 0 aliphatic carbocycles. The van der Waals surface area contributed by atoms with Gasteiger partial charge in [0.2, 0.25) is 5.75 Å². The number of para-hydroxylation sites is 1. The van der Waals surface area contributed by atoms with Crippen LogP contribution in [0.5, 0.6) is 17.2 Å². The first kappa shape index (κ1) is 22.9. The maximum absolute atomic E-state index is 14.2. The minimum Gasteiger partial charge on any atom is -0.493 e. The molecule has 3 aromatic rings. The molecule has 0 radical (unpaired) electrons. The van der Waals surface area contributed by atoms with Crippen molar-refractivity contribution in [3.63, 3.8) is 0 Å². The van der Waals surface area contributed by atoms with Crippen molar-refractivity contribution < 1.29 is 32.6 Å². The Morgan fingerprint density at radius 1 is 1.12 bits per heavy atom. The standard InChI is InChI=1S/C21H19F2N3O5S/c1-4-30-19(27)18-11(2)24-21(32-18)26-20(28)25-14-10-12(22)8-9-15(14)31-17-13(23)6-5-7-16(17)29-3/h5-10H,4H2,1-3H3,(H2,24,25,26,28). The van der Waals surface area contributed by atoms with Gasteiger partial charge >= 0.3 is 12.0 Å². The smallest absolute Gasteiger partial charge is 0.350 e. The Bertz CT molecular complexity index is 1150. The zero-order valence-corrected chi connectivity index (χ0v) is 18.1. The number of aromatic nitrogens is 1. The second-order valence-corrected chi connectivity index (χ2v) is 7.25. The number of carbonyl (C=O) groups is 2. The van der Waals surface area contributed by atoms with E-state index in [-0.39, 0.29) is 39.6 Å². The van der Waals surface area contributed by atoms with Crippen LogP contribution in [0, 0.1) is 18.6 Å². The van der Waals surface area contributed by atoms with Gasteiger partial charge in [0.05, 0.1) is 25.1 Å². The van der Waals surface area contributed by atoms with E-state index >= 15 is 0 Å². The van der Waals surface area contributed by atoms with E-state index in [0.717, 1.165) is 23.5 Å². The lowest BCUT2D eigenvalue weighted by molar-refractivity contribution is 0.0531. The number of rotatable bonds is 7. The first-order chi connectivity index (χ1) is 15.3. The number of aryl methyl sites for hydroxylation is 1. The first-order valence-corrected chi connectivity index (χ1v) is 10.2. The summed E-state index contributed by atoms with van der Waals surface area (Å²) in [5.41, 5.74) is 0.330. The zero-order chi connectivity index (χ0) is 23.3. The lowest BCUT2D eigenvalue weighted by Gasteiger charge is -2.15. The van der Waals surface area contributed by atoms with Crippen molar-refractivity contribution in [2.24, 2.45) is 0 Å². The Morgan fingerprint density at radius 3 is 2.62 bits per heavy atom. The van der Waals surface area contributed by atoms with Crippen LogP contribution in [0.1, 0.15) is 22.3 Å². The molecule has 2 amide bonds. The number of amides is 2. The molecule has 3 rings (SSSR count). The molecule has 0 saturated heterocycles. The number of anilines is 2. The summed E-state index contributed by atoms with van der Waals surface area (Å²) in [5.74, 6) is -2.02. The molecular formula is C21H19F2N3O5S. The van der Waals surface area contributed by atoms with E-state index in [2.05, 4.69) is 15.6 Å². The average Bonchev–Trinajstić information content (AvgIpc) is 3.11. The number of hydrogen-bond donors (Lipinski definition) is 2. The molecule has 0 aliphatic rings. The van der Waals surface area contributed by atoms with Gasteiger partial charge in [0.15, 0.2) is 22.4 Å². The molecule has 0 spiro atoms. The van der Waals surface area contributed by atoms with Gasteiger partial charge in [-0.1, -0.05) is 17.4 Å². The molecule has 0 atom stereocenters. The van der Waals surface area contributed by atoms with Crippen molar-refractivity contribution >= 4 is 34.2 Å². The van der Waals surface area contributed by atoms with Crippen LogP contribution in [0.3, 0.4) is 0 Å². The maximum atomic E-state index is 14.2. The Kier molecular flexibility index (Phi) is 7.21. The van der Waals surface area contributed by atoms with Crippen molar-refractivity contribution in [3.8, 4) is 17.2 Å². The summed E-state index contributed by atoms with van der Waals surface area (Å²) in [6.07, 6.45) is 0. The van der Waals surface area contributed by atoms with E-state index in [4.69, 9.17) is 14.2 Å². The van der Waals surface area contributed by atoms with Gasteiger partial charge in [-0.15, -0.1) is 0 Å². The maximum Gasteiger partial charge on any atom is 0.350 e. The van der Waals surface area contributed by atoms with Crippen LogP contribution in [0.4, 0.5) is 24.4 Å². The number of methoxy groups -OCH3 is 1. The van der Waals surface area contributed by atoms with E-state index in [1.807, 2.05) is 0 Å². The van der Waals surface area contributed by atoms with E-state index in [0.29, 0.717) is 5.69 Å². The molecule has 168 valence electrons. The highest BCUT2D eigenvalue weighted by atomic mass is 32.1. The Balaban J connectivity index is 1.80. The van der Waals surface area contributed by atoms with Crippen LogP contribution in [-0.2, 0) is 4.74 Å². The summed E-state index contributed by atoms with van der Waals surface area (Å²) in [5, 5.41) is 5.03. The van der Waals surface area contributed by atoms with Gasteiger partial charge in [-0.05, 0) is 38.1 Å². The summed E-state index contributed by atoms with van der Waals surface area (Å²) in [6, 6.07) is 6.69. The number of nitrogens with zero attached hydrogens (tertiary/aromatic N) is 1. The molecule has 0 fully saturated rings. The van der Waals surface area contributed by atoms with Gasteiger partial charge in [-0.3, -0.25) is 5.32 Å². The Morgan fingerprint density at radius 2 is 1.91 bits per heavy atom. The van der Waals surface area contributed by atoms with Crippen LogP contribution >= 0.6 is 11.3 Å². The molecule has 11 heteroatoms. The number of esters is 1. The van der Waals surface area contributed by atoms with Crippen molar-refractivity contribution in [1.29, 1.82) is 0 Å². The first-order valence-electron chi connectivity index (χ1n) is 9.34. The minimum absolute atomic E-state index is 0.0209. The van der Waals surface area contributed by atoms with Crippen LogP contribution in [0.25, 0.3) is 0 Å². The molecule has 0 saturated carbocycles. The fourth-order valence-corrected chi connectivity index (χ4v) is 3.49. The quantitative estimate of drug-likeness (QED) is 0.458. The lowest BCUT2D eigenvalue weighted by atomic mass is 10.2. The van der Waals surface area contributed by atoms with Crippen molar-refractivity contribution in [1.82, 2.24) is 4.98 Å². The number of carbonyl (C=O) groups excluding carboxylic acids is 2. The summed E-state index contributed by atoms with van der Waals surface area (Å²) < 4.78 is 43.6. The van der Waals surface area contributed by atoms with Crippen molar-refractivity contribution in [2.75, 3.05) is 24.4 Å². The van der Waals surface area contributed by atoms with Gasteiger partial charge < -0.3 is 19.5 Å². The SMILES string of the molecule is CCOC(=O)c1sc(NC(=O)Nc2cc(F)ccc2Oc2c(F)cccc2OC)nc1C. The van der Waals surface area contributed by atoms with Gasteiger partial charge in [0.25, 0.3) is 0 Å². The van der Waals surface area contributed by atoms with Crippen LogP contribution in [-0.4, -0.2) is 30.7 Å². The highest BCUT2D eigenvalue weighted by Gasteiger charge is 2.19. The molecule has 32 heavy (non-hydrogen) atoms. The van der Waals surface area contributed by atoms with Gasteiger partial charge in [-0.2, -0.15) is 0 Å². The van der Waals surface area contributed by atoms with Crippen molar-refractivity contribution in [2.45, 2.75) is 13.8 Å². The van der Waals surface area contributed by atoms with E-state index < -0.39 is 23.6 Å². The highest BCUT2D eigenvalue weighted by molar-refractivity contribution is 7.17. The second-order valence-electron chi connectivity index (χ2n) is 6.25. The summed E-state index contributed by atoms with van der Waals surface area (Å²) >= 11 is 0.934. The van der Waals surface area contributed by atoms with Gasteiger partial charge in [-0.25, -0.2) is 23.4 Å². The van der Waals surface area contributed by atoms with Crippen LogP contribution < -0.4 is 20.1 Å². The molecule has 2 aromatic carbocycles. The fraction of sp³-hybridized carbons (Fsp3) is 0.190. The number of halogens is 2. The minimum atomic E-state index is -0.773. The third-order valence-electron chi connectivity index (χ3n) is 4.03. The summed E-state index contributed by atoms with van der Waals surface area (Å²) in [7, 11) is 1.35. The molecule has 8 nitrogen and oxygen atoms in total. The number of thiazole rings is 1. The molecule has 0 aliphatic heterocycles. The average molecular weight is 463 g/mol. The Hall–Kier alpha value is -3.73. The van der Waals surface area contributed by atoms with Crippen LogP contribution in [0.2, 0.25) is 0 Å². The predicted molar refractivity (Wildman–Crippen MR) is 115 cm³/mol. The Labute approximate surface area is 186 Å². The molecular weight excluding hydrogens is 444 g/mol. The third-order valence-corrected chi connectivity index (χ3v) is 5.08. The van der Waals surface area contributed by atoms with E-state index in [9.17, 15) is 18.4 Å². The second kappa shape index (κ2) is 10.1. The molecule has 0 unspecified atom stereocenters. The molecule has 0 bridgehead atoms. The van der Waals surface area contributed by atoms with Gasteiger partial charge in [0, 0.05) is 6.07 Å². The van der Waals surface area contributed by atoms with Gasteiger partial charge in [0.1, 0.15) is 10.7 Å². The highest BCUT2D eigenvalue weighted by Crippen LogP contribution is 2.37. The zero-order valence-electron chi connectivity index (χ0n) is 17.3. The normalized spacial score (nSPS) is 10.4. The number of benzene rings is 2. The summed E-state index contributed by atoms with van der Waals surface area (Å²) in [4.78, 5) is 28.7. The topological polar surface area (TPSA) is 98.8 Å². The molecule has 1 heterocycles. The van der Waals surface area contributed by atoms with E-state index in [1.165, 1.54) is 31.4 Å². The molecule has 2 N–H and O–H groups in total.